The van der Waals surface area contributed by atoms with Gasteiger partial charge in [0.05, 0.1) is 34.3 Å². The highest BCUT2D eigenvalue weighted by atomic mass is 32.2. The summed E-state index contributed by atoms with van der Waals surface area (Å²) in [7, 11) is -3.21. The van der Waals surface area contributed by atoms with E-state index in [-0.39, 0.29) is 33.5 Å². The summed E-state index contributed by atoms with van der Waals surface area (Å²) in [5.74, 6) is -1.66. The van der Waals surface area contributed by atoms with Gasteiger partial charge in [-0.15, -0.1) is 0 Å². The summed E-state index contributed by atoms with van der Waals surface area (Å²) in [6.07, 6.45) is -5.01. The predicted molar refractivity (Wildman–Crippen MR) is 135 cm³/mol. The molecular formula is C28H25F4NO4S. The Morgan fingerprint density at radius 3 is 2.16 bits per heavy atom. The lowest BCUT2D eigenvalue weighted by Crippen LogP contribution is -2.18. The van der Waals surface area contributed by atoms with Crippen LogP contribution in [-0.2, 0) is 32.8 Å². The van der Waals surface area contributed by atoms with E-state index in [2.05, 4.69) is 4.74 Å². The van der Waals surface area contributed by atoms with Gasteiger partial charge in [0, 0.05) is 11.8 Å². The van der Waals surface area contributed by atoms with Crippen LogP contribution in [0.4, 0.5) is 17.6 Å². The van der Waals surface area contributed by atoms with Crippen molar-refractivity contribution in [3.05, 3.63) is 100 Å². The van der Waals surface area contributed by atoms with Crippen LogP contribution in [0.1, 0.15) is 53.5 Å². The van der Waals surface area contributed by atoms with Gasteiger partial charge in [-0.05, 0) is 59.0 Å². The fourth-order valence-electron chi connectivity index (χ4n) is 4.18. The summed E-state index contributed by atoms with van der Waals surface area (Å²) in [5, 5.41) is -0.462. The third kappa shape index (κ3) is 5.05. The van der Waals surface area contributed by atoms with E-state index < -0.39 is 38.9 Å². The van der Waals surface area contributed by atoms with Gasteiger partial charge >= 0.3 is 12.1 Å². The fourth-order valence-corrected chi connectivity index (χ4v) is 5.77. The number of nitrogens with zero attached hydrogens (tertiary/aromatic N) is 1. The van der Waals surface area contributed by atoms with Crippen LogP contribution in [0.25, 0.3) is 10.9 Å². The van der Waals surface area contributed by atoms with Gasteiger partial charge in [-0.1, -0.05) is 45.0 Å². The molecule has 0 aliphatic carbocycles. The first kappa shape index (κ1) is 27.4. The number of hydrogen-bond acceptors (Lipinski definition) is 4. The summed E-state index contributed by atoms with van der Waals surface area (Å²) in [6.45, 7) is 5.72. The maximum absolute atomic E-state index is 15.8. The zero-order chi connectivity index (χ0) is 28.0. The molecule has 38 heavy (non-hydrogen) atoms. The lowest BCUT2D eigenvalue weighted by atomic mass is 9.87. The first-order chi connectivity index (χ1) is 17.6. The van der Waals surface area contributed by atoms with Crippen molar-refractivity contribution in [2.24, 2.45) is 0 Å². The minimum atomic E-state index is -4.74. The maximum atomic E-state index is 15.8. The smallest absolute Gasteiger partial charge is 0.416 e. The van der Waals surface area contributed by atoms with Crippen molar-refractivity contribution < 1.29 is 35.5 Å². The van der Waals surface area contributed by atoms with Gasteiger partial charge in [-0.25, -0.2) is 21.6 Å². The highest BCUT2D eigenvalue weighted by Crippen LogP contribution is 2.36. The number of rotatable bonds is 5. The molecule has 0 spiro atoms. The van der Waals surface area contributed by atoms with Crippen molar-refractivity contribution in [1.82, 2.24) is 3.97 Å². The second-order valence-corrected chi connectivity index (χ2v) is 11.7. The summed E-state index contributed by atoms with van der Waals surface area (Å²) >= 11 is 0. The first-order valence-electron chi connectivity index (χ1n) is 11.6. The summed E-state index contributed by atoms with van der Waals surface area (Å²) < 4.78 is 89.3. The van der Waals surface area contributed by atoms with Gasteiger partial charge in [0.2, 0.25) is 0 Å². The van der Waals surface area contributed by atoms with Gasteiger partial charge in [-0.3, -0.25) is 0 Å². The quantitative estimate of drug-likeness (QED) is 0.206. The number of fused-ring (bicyclic) bond motifs is 1. The van der Waals surface area contributed by atoms with Crippen molar-refractivity contribution in [2.75, 3.05) is 7.11 Å². The Morgan fingerprint density at radius 2 is 1.58 bits per heavy atom. The Labute approximate surface area is 217 Å². The molecule has 0 saturated carbocycles. The van der Waals surface area contributed by atoms with Gasteiger partial charge in [0.25, 0.3) is 10.0 Å². The van der Waals surface area contributed by atoms with Gasteiger partial charge in [0.1, 0.15) is 0 Å². The molecule has 0 N–H and O–H groups in total. The number of ether oxygens (including phenoxy) is 1. The Hall–Kier alpha value is -3.66. The number of benzene rings is 3. The van der Waals surface area contributed by atoms with E-state index in [1.165, 1.54) is 43.5 Å². The Bertz CT molecular complexity index is 1630. The van der Waals surface area contributed by atoms with E-state index in [4.69, 9.17) is 0 Å². The third-order valence-corrected chi connectivity index (χ3v) is 8.01. The molecule has 0 aliphatic rings. The normalized spacial score (nSPS) is 12.6. The molecule has 0 fully saturated rings. The monoisotopic (exact) mass is 547 g/mol. The predicted octanol–water partition coefficient (Wildman–Crippen LogP) is 6.71. The topological polar surface area (TPSA) is 65.4 Å². The molecule has 1 heterocycles. The van der Waals surface area contributed by atoms with E-state index in [0.717, 1.165) is 21.7 Å². The van der Waals surface area contributed by atoms with Crippen LogP contribution >= 0.6 is 0 Å². The number of alkyl halides is 3. The van der Waals surface area contributed by atoms with Crippen molar-refractivity contribution in [3.63, 3.8) is 0 Å². The van der Waals surface area contributed by atoms with Gasteiger partial charge < -0.3 is 4.74 Å². The van der Waals surface area contributed by atoms with E-state index in [1.54, 1.807) is 12.1 Å². The second kappa shape index (κ2) is 9.58. The molecule has 1 aromatic heterocycles. The average Bonchev–Trinajstić information content (AvgIpc) is 3.14. The van der Waals surface area contributed by atoms with Crippen LogP contribution in [0.5, 0.6) is 0 Å². The Morgan fingerprint density at radius 1 is 0.921 bits per heavy atom. The molecule has 0 bridgehead atoms. The van der Waals surface area contributed by atoms with E-state index in [0.29, 0.717) is 11.6 Å². The minimum absolute atomic E-state index is 0.121. The average molecular weight is 548 g/mol. The minimum Gasteiger partial charge on any atom is -0.465 e. The molecule has 0 radical (unpaired) electrons. The molecule has 4 aromatic rings. The SMILES string of the molecule is COC(=O)c1ccc(Cc2c(F)c3cc(C(F)(F)F)ccc3n2S(=O)(=O)c2cccc(C(C)(C)C)c2)cc1. The fraction of sp³-hybridized carbons (Fsp3) is 0.250. The van der Waals surface area contributed by atoms with Gasteiger partial charge in [-0.2, -0.15) is 13.2 Å². The molecule has 200 valence electrons. The zero-order valence-electron chi connectivity index (χ0n) is 21.1. The van der Waals surface area contributed by atoms with E-state index in [1.807, 2.05) is 20.8 Å². The van der Waals surface area contributed by atoms with Crippen LogP contribution in [0, 0.1) is 5.82 Å². The van der Waals surface area contributed by atoms with Crippen molar-refractivity contribution in [2.45, 2.75) is 43.7 Å². The lowest BCUT2D eigenvalue weighted by Gasteiger charge is -2.20. The molecule has 0 aliphatic heterocycles. The number of carbonyl (C=O) groups is 1. The van der Waals surface area contributed by atoms with Crippen LogP contribution in [0.3, 0.4) is 0 Å². The van der Waals surface area contributed by atoms with Crippen LogP contribution in [-0.4, -0.2) is 25.5 Å². The molecule has 0 atom stereocenters. The maximum Gasteiger partial charge on any atom is 0.416 e. The highest BCUT2D eigenvalue weighted by Gasteiger charge is 2.34. The molecule has 3 aromatic carbocycles. The number of carbonyl (C=O) groups excluding carboxylic acids is 1. The standard InChI is InChI=1S/C28H25F4NO4S/c1-27(2,3)19-6-5-7-21(15-19)38(35,36)33-23-13-12-20(28(30,31)32)16-22(23)25(29)24(33)14-17-8-10-18(11-9-17)26(34)37-4/h5-13,15-16H,14H2,1-4H3. The molecular weight excluding hydrogens is 522 g/mol. The number of methoxy groups -OCH3 is 1. The molecule has 10 heteroatoms. The summed E-state index contributed by atoms with van der Waals surface area (Å²) in [4.78, 5) is 11.6. The lowest BCUT2D eigenvalue weighted by molar-refractivity contribution is -0.137. The Balaban J connectivity index is 1.95. The number of esters is 1. The molecule has 0 unspecified atom stereocenters. The largest absolute Gasteiger partial charge is 0.465 e. The second-order valence-electron chi connectivity index (χ2n) is 9.90. The third-order valence-electron chi connectivity index (χ3n) is 6.26. The summed E-state index contributed by atoms with van der Waals surface area (Å²) in [6, 6.07) is 14.4. The molecule has 5 nitrogen and oxygen atoms in total. The number of halogens is 4. The molecule has 0 amide bonds. The van der Waals surface area contributed by atoms with Crippen molar-refractivity contribution in [3.8, 4) is 0 Å². The van der Waals surface area contributed by atoms with Gasteiger partial charge in [0.15, 0.2) is 5.82 Å². The van der Waals surface area contributed by atoms with Crippen molar-refractivity contribution >= 4 is 26.9 Å². The summed E-state index contributed by atoms with van der Waals surface area (Å²) in [5.41, 5.74) is -0.628. The highest BCUT2D eigenvalue weighted by molar-refractivity contribution is 7.90. The van der Waals surface area contributed by atoms with Crippen molar-refractivity contribution in [1.29, 1.82) is 0 Å². The molecule has 4 rings (SSSR count). The van der Waals surface area contributed by atoms with Crippen LogP contribution < -0.4 is 0 Å². The Kier molecular flexibility index (Phi) is 6.90. The molecule has 0 saturated heterocycles. The number of hydrogen-bond donors (Lipinski definition) is 0. The first-order valence-corrected chi connectivity index (χ1v) is 13.0. The van der Waals surface area contributed by atoms with E-state index >= 15 is 4.39 Å². The zero-order valence-corrected chi connectivity index (χ0v) is 21.9. The van der Waals surface area contributed by atoms with E-state index in [9.17, 15) is 26.4 Å². The number of aromatic nitrogens is 1. The van der Waals surface area contributed by atoms with Crippen LogP contribution in [0.2, 0.25) is 0 Å². The van der Waals surface area contributed by atoms with Crippen LogP contribution in [0.15, 0.2) is 71.6 Å².